The minimum absolute atomic E-state index is 0.365. The number of ether oxygens (including phenoxy) is 1. The summed E-state index contributed by atoms with van der Waals surface area (Å²) in [6, 6.07) is 8.09. The SMILES string of the molecule is CCCNCc1ccc(OCCC(C)(C)C#N)c(Cl)c1. The van der Waals surface area contributed by atoms with Gasteiger partial charge in [0.1, 0.15) is 5.75 Å². The molecule has 110 valence electrons. The Morgan fingerprint density at radius 2 is 2.15 bits per heavy atom. The Kier molecular flexibility index (Phi) is 6.84. The fourth-order valence-electron chi connectivity index (χ4n) is 1.65. The van der Waals surface area contributed by atoms with Crippen LogP contribution in [-0.2, 0) is 6.54 Å². The lowest BCUT2D eigenvalue weighted by Gasteiger charge is -2.16. The Hall–Kier alpha value is -1.24. The number of nitriles is 1. The van der Waals surface area contributed by atoms with Crippen LogP contribution in [-0.4, -0.2) is 13.2 Å². The molecule has 0 spiro atoms. The molecule has 0 amide bonds. The van der Waals surface area contributed by atoms with Crippen LogP contribution in [0.15, 0.2) is 18.2 Å². The summed E-state index contributed by atoms with van der Waals surface area (Å²) in [6.07, 6.45) is 1.79. The number of hydrogen-bond acceptors (Lipinski definition) is 3. The lowest BCUT2D eigenvalue weighted by atomic mass is 9.92. The van der Waals surface area contributed by atoms with Gasteiger partial charge in [-0.15, -0.1) is 0 Å². The van der Waals surface area contributed by atoms with Gasteiger partial charge < -0.3 is 10.1 Å². The third-order valence-corrected chi connectivity index (χ3v) is 3.33. The van der Waals surface area contributed by atoms with Gasteiger partial charge in [0.05, 0.1) is 23.1 Å². The topological polar surface area (TPSA) is 45.0 Å². The molecule has 1 aromatic carbocycles. The van der Waals surface area contributed by atoms with Crippen LogP contribution in [0.4, 0.5) is 0 Å². The van der Waals surface area contributed by atoms with Gasteiger partial charge in [0, 0.05) is 6.54 Å². The zero-order valence-corrected chi connectivity index (χ0v) is 13.3. The Bertz CT molecular complexity index is 466. The van der Waals surface area contributed by atoms with Gasteiger partial charge in [-0.3, -0.25) is 0 Å². The monoisotopic (exact) mass is 294 g/mol. The fraction of sp³-hybridized carbons (Fsp3) is 0.562. The smallest absolute Gasteiger partial charge is 0.137 e. The molecule has 0 aromatic heterocycles. The second kappa shape index (κ2) is 8.14. The molecule has 20 heavy (non-hydrogen) atoms. The van der Waals surface area contributed by atoms with Crippen LogP contribution in [0.2, 0.25) is 5.02 Å². The first-order chi connectivity index (χ1) is 9.48. The first kappa shape index (κ1) is 16.8. The van der Waals surface area contributed by atoms with Crippen molar-refractivity contribution < 1.29 is 4.74 Å². The highest BCUT2D eigenvalue weighted by Gasteiger charge is 2.16. The molecule has 0 aliphatic heterocycles. The van der Waals surface area contributed by atoms with Crippen LogP contribution in [0, 0.1) is 16.7 Å². The van der Waals surface area contributed by atoms with E-state index in [4.69, 9.17) is 21.6 Å². The van der Waals surface area contributed by atoms with Crippen LogP contribution in [0.1, 0.15) is 39.2 Å². The second-order valence-electron chi connectivity index (χ2n) is 5.54. The van der Waals surface area contributed by atoms with Crippen molar-refractivity contribution >= 4 is 11.6 Å². The first-order valence-corrected chi connectivity index (χ1v) is 7.39. The van der Waals surface area contributed by atoms with Gasteiger partial charge >= 0.3 is 0 Å². The molecule has 1 aromatic rings. The molecule has 0 unspecified atom stereocenters. The van der Waals surface area contributed by atoms with Crippen LogP contribution < -0.4 is 10.1 Å². The van der Waals surface area contributed by atoms with Gasteiger partial charge in [-0.05, 0) is 50.9 Å². The van der Waals surface area contributed by atoms with Crippen molar-refractivity contribution in [1.82, 2.24) is 5.32 Å². The van der Waals surface area contributed by atoms with Crippen molar-refractivity contribution in [2.24, 2.45) is 5.41 Å². The molecule has 0 radical (unpaired) electrons. The maximum atomic E-state index is 8.95. The average Bonchev–Trinajstić information content (AvgIpc) is 2.41. The first-order valence-electron chi connectivity index (χ1n) is 7.01. The molecule has 0 aliphatic rings. The summed E-state index contributed by atoms with van der Waals surface area (Å²) >= 11 is 6.21. The summed E-state index contributed by atoms with van der Waals surface area (Å²) in [7, 11) is 0. The summed E-state index contributed by atoms with van der Waals surface area (Å²) in [5.74, 6) is 0.680. The molecule has 0 heterocycles. The zero-order chi connectivity index (χ0) is 15.0. The Labute approximate surface area is 126 Å². The lowest BCUT2D eigenvalue weighted by molar-refractivity contribution is 0.264. The number of nitrogens with one attached hydrogen (secondary N) is 1. The van der Waals surface area contributed by atoms with E-state index < -0.39 is 0 Å². The lowest BCUT2D eigenvalue weighted by Crippen LogP contribution is -2.14. The molecule has 4 heteroatoms. The van der Waals surface area contributed by atoms with Gasteiger partial charge in [0.15, 0.2) is 0 Å². The second-order valence-corrected chi connectivity index (χ2v) is 5.94. The van der Waals surface area contributed by atoms with Gasteiger partial charge in [-0.2, -0.15) is 5.26 Å². The number of halogens is 1. The predicted molar refractivity (Wildman–Crippen MR) is 83.0 cm³/mol. The minimum atomic E-state index is -0.365. The number of rotatable bonds is 8. The van der Waals surface area contributed by atoms with E-state index in [2.05, 4.69) is 18.3 Å². The average molecular weight is 295 g/mol. The molecule has 1 N–H and O–H groups in total. The molecular formula is C16H23ClN2O. The quantitative estimate of drug-likeness (QED) is 0.732. The van der Waals surface area contributed by atoms with Crippen molar-refractivity contribution in [3.8, 4) is 11.8 Å². The Balaban J connectivity index is 2.50. The normalized spacial score (nSPS) is 11.2. The van der Waals surface area contributed by atoms with E-state index in [1.807, 2.05) is 32.0 Å². The third-order valence-electron chi connectivity index (χ3n) is 3.04. The van der Waals surface area contributed by atoms with E-state index >= 15 is 0 Å². The van der Waals surface area contributed by atoms with Crippen LogP contribution in [0.25, 0.3) is 0 Å². The van der Waals surface area contributed by atoms with Gasteiger partial charge in [-0.25, -0.2) is 0 Å². The van der Waals surface area contributed by atoms with Crippen LogP contribution in [0.3, 0.4) is 0 Å². The van der Waals surface area contributed by atoms with Gasteiger partial charge in [0.2, 0.25) is 0 Å². The molecule has 0 bridgehead atoms. The third kappa shape index (κ3) is 5.81. The van der Waals surface area contributed by atoms with Crippen molar-refractivity contribution in [2.45, 2.75) is 40.2 Å². The van der Waals surface area contributed by atoms with Crippen molar-refractivity contribution in [1.29, 1.82) is 5.26 Å². The van der Waals surface area contributed by atoms with E-state index in [9.17, 15) is 0 Å². The molecule has 1 rings (SSSR count). The van der Waals surface area contributed by atoms with Crippen LogP contribution in [0.5, 0.6) is 5.75 Å². The van der Waals surface area contributed by atoms with Crippen molar-refractivity contribution in [3.63, 3.8) is 0 Å². The van der Waals surface area contributed by atoms with E-state index in [-0.39, 0.29) is 5.41 Å². The molecule has 3 nitrogen and oxygen atoms in total. The standard InChI is InChI=1S/C16H23ClN2O/c1-4-8-19-11-13-5-6-15(14(17)10-13)20-9-7-16(2,3)12-18/h5-6,10,19H,4,7-9,11H2,1-3H3. The zero-order valence-electron chi connectivity index (χ0n) is 12.5. The summed E-state index contributed by atoms with van der Waals surface area (Å²) in [5.41, 5.74) is 0.782. The highest BCUT2D eigenvalue weighted by Crippen LogP contribution is 2.27. The highest BCUT2D eigenvalue weighted by atomic mass is 35.5. The molecule has 0 fully saturated rings. The molecule has 0 saturated heterocycles. The van der Waals surface area contributed by atoms with Gasteiger partial charge in [0.25, 0.3) is 0 Å². The summed E-state index contributed by atoms with van der Waals surface area (Å²) in [5, 5.41) is 12.9. The Morgan fingerprint density at radius 1 is 1.40 bits per heavy atom. The fourth-order valence-corrected chi connectivity index (χ4v) is 1.91. The highest BCUT2D eigenvalue weighted by molar-refractivity contribution is 6.32. The molecule has 0 saturated carbocycles. The van der Waals surface area contributed by atoms with Crippen molar-refractivity contribution in [3.05, 3.63) is 28.8 Å². The minimum Gasteiger partial charge on any atom is -0.492 e. The molecule has 0 aliphatic carbocycles. The summed E-state index contributed by atoms with van der Waals surface area (Å²) < 4.78 is 5.65. The molecular weight excluding hydrogens is 272 g/mol. The van der Waals surface area contributed by atoms with E-state index in [1.54, 1.807) is 0 Å². The van der Waals surface area contributed by atoms with Crippen LogP contribution >= 0.6 is 11.6 Å². The number of nitrogens with zero attached hydrogens (tertiary/aromatic N) is 1. The largest absolute Gasteiger partial charge is 0.492 e. The Morgan fingerprint density at radius 3 is 2.75 bits per heavy atom. The maximum Gasteiger partial charge on any atom is 0.137 e. The van der Waals surface area contributed by atoms with E-state index in [1.165, 1.54) is 0 Å². The maximum absolute atomic E-state index is 8.95. The van der Waals surface area contributed by atoms with Gasteiger partial charge in [-0.1, -0.05) is 24.6 Å². The van der Waals surface area contributed by atoms with Crippen molar-refractivity contribution in [2.75, 3.05) is 13.2 Å². The number of hydrogen-bond donors (Lipinski definition) is 1. The van der Waals surface area contributed by atoms with E-state index in [0.29, 0.717) is 23.8 Å². The summed E-state index contributed by atoms with van der Waals surface area (Å²) in [4.78, 5) is 0. The number of benzene rings is 1. The summed E-state index contributed by atoms with van der Waals surface area (Å²) in [6.45, 7) is 8.25. The predicted octanol–water partition coefficient (Wildman–Crippen LogP) is 4.16. The van der Waals surface area contributed by atoms with E-state index in [0.717, 1.165) is 25.1 Å². The molecule has 0 atom stereocenters.